The van der Waals surface area contributed by atoms with Crippen LogP contribution in [0.5, 0.6) is 0 Å². The van der Waals surface area contributed by atoms with Crippen LogP contribution in [-0.4, -0.2) is 26.8 Å². The summed E-state index contributed by atoms with van der Waals surface area (Å²) in [6, 6.07) is 11.3. The first-order valence-corrected chi connectivity index (χ1v) is 10.0. The molecule has 1 aliphatic carbocycles. The Balaban J connectivity index is 1.42. The second-order valence-electron chi connectivity index (χ2n) is 7.07. The number of hydrazine groups is 1. The molecule has 0 spiro atoms. The summed E-state index contributed by atoms with van der Waals surface area (Å²) in [5, 5.41) is 8.51. The second kappa shape index (κ2) is 7.55. The average Bonchev–Trinajstić information content (AvgIpc) is 3.29. The number of thiophene rings is 1. The molecular formula is C20H21N5O2S. The summed E-state index contributed by atoms with van der Waals surface area (Å²) >= 11 is 1.50. The van der Waals surface area contributed by atoms with Gasteiger partial charge in [-0.05, 0) is 55.9 Å². The first-order chi connectivity index (χ1) is 13.5. The zero-order chi connectivity index (χ0) is 19.7. The number of para-hydroxylation sites is 1. The van der Waals surface area contributed by atoms with Crippen molar-refractivity contribution >= 4 is 23.2 Å². The van der Waals surface area contributed by atoms with Gasteiger partial charge in [0.15, 0.2) is 5.69 Å². The molecule has 0 bridgehead atoms. The van der Waals surface area contributed by atoms with E-state index in [1.807, 2.05) is 36.4 Å². The van der Waals surface area contributed by atoms with Gasteiger partial charge in [0.05, 0.1) is 16.3 Å². The van der Waals surface area contributed by atoms with E-state index in [0.29, 0.717) is 16.5 Å². The van der Waals surface area contributed by atoms with Crippen molar-refractivity contribution in [2.75, 3.05) is 0 Å². The van der Waals surface area contributed by atoms with E-state index in [2.05, 4.69) is 28.0 Å². The van der Waals surface area contributed by atoms with Gasteiger partial charge in [0.1, 0.15) is 0 Å². The number of hydrogen-bond acceptors (Lipinski definition) is 5. The summed E-state index contributed by atoms with van der Waals surface area (Å²) in [5.74, 6) is -0.163. The quantitative estimate of drug-likeness (QED) is 0.668. The zero-order valence-electron chi connectivity index (χ0n) is 15.7. The molecule has 28 heavy (non-hydrogen) atoms. The maximum Gasteiger partial charge on any atom is 0.292 e. The van der Waals surface area contributed by atoms with E-state index in [1.165, 1.54) is 26.6 Å². The Morgan fingerprint density at radius 2 is 1.89 bits per heavy atom. The third-order valence-electron chi connectivity index (χ3n) is 4.83. The SMILES string of the molecule is Cc1nn(-c2ccccc2)nc1C(=O)NNC(=O)c1cc2c(s1)CCC(C)C2. The minimum Gasteiger partial charge on any atom is -0.266 e. The van der Waals surface area contributed by atoms with Gasteiger partial charge in [0, 0.05) is 4.88 Å². The molecule has 144 valence electrons. The summed E-state index contributed by atoms with van der Waals surface area (Å²) in [5.41, 5.74) is 7.59. The molecule has 0 aliphatic heterocycles. The van der Waals surface area contributed by atoms with E-state index in [1.54, 1.807) is 6.92 Å². The van der Waals surface area contributed by atoms with Gasteiger partial charge in [-0.3, -0.25) is 20.4 Å². The van der Waals surface area contributed by atoms with Gasteiger partial charge in [-0.25, -0.2) is 0 Å². The molecule has 2 aromatic heterocycles. The number of aryl methyl sites for hydroxylation is 2. The molecule has 0 radical (unpaired) electrons. The van der Waals surface area contributed by atoms with Crippen LogP contribution in [-0.2, 0) is 12.8 Å². The predicted molar refractivity (Wildman–Crippen MR) is 107 cm³/mol. The number of aromatic nitrogens is 3. The molecular weight excluding hydrogens is 374 g/mol. The standard InChI is InChI=1S/C20H21N5O2S/c1-12-8-9-16-14(10-12)11-17(28-16)19(26)21-22-20(27)18-13(2)23-25(24-18)15-6-4-3-5-7-15/h3-7,11-12H,8-10H2,1-2H3,(H,21,26)(H,22,27). The van der Waals surface area contributed by atoms with E-state index in [9.17, 15) is 9.59 Å². The van der Waals surface area contributed by atoms with E-state index < -0.39 is 5.91 Å². The number of carbonyl (C=O) groups is 2. The van der Waals surface area contributed by atoms with Gasteiger partial charge >= 0.3 is 0 Å². The first kappa shape index (κ1) is 18.4. The maximum atomic E-state index is 12.4. The predicted octanol–water partition coefficient (Wildman–Crippen LogP) is 2.84. The molecule has 1 aliphatic rings. The number of nitrogens with one attached hydrogen (secondary N) is 2. The van der Waals surface area contributed by atoms with Crippen LogP contribution in [0.25, 0.3) is 5.69 Å². The summed E-state index contributed by atoms with van der Waals surface area (Å²) in [7, 11) is 0. The molecule has 1 unspecified atom stereocenters. The largest absolute Gasteiger partial charge is 0.292 e. The van der Waals surface area contributed by atoms with Gasteiger partial charge in [0.25, 0.3) is 11.8 Å². The molecule has 0 fully saturated rings. The molecule has 4 rings (SSSR count). The van der Waals surface area contributed by atoms with Gasteiger partial charge < -0.3 is 0 Å². The van der Waals surface area contributed by atoms with E-state index in [0.717, 1.165) is 24.9 Å². The number of carbonyl (C=O) groups excluding carboxylic acids is 2. The van der Waals surface area contributed by atoms with Gasteiger partial charge in [-0.1, -0.05) is 25.1 Å². The van der Waals surface area contributed by atoms with Crippen LogP contribution in [0.1, 0.15) is 49.6 Å². The molecule has 1 aromatic carbocycles. The molecule has 3 aromatic rings. The molecule has 2 heterocycles. The second-order valence-corrected chi connectivity index (χ2v) is 8.21. The highest BCUT2D eigenvalue weighted by Gasteiger charge is 2.22. The molecule has 2 N–H and O–H groups in total. The third kappa shape index (κ3) is 3.68. The molecule has 0 saturated heterocycles. The average molecular weight is 395 g/mol. The molecule has 2 amide bonds. The highest BCUT2D eigenvalue weighted by atomic mass is 32.1. The molecule has 1 atom stereocenters. The number of nitrogens with zero attached hydrogens (tertiary/aromatic N) is 3. The Labute approximate surface area is 166 Å². The Morgan fingerprint density at radius 3 is 2.68 bits per heavy atom. The highest BCUT2D eigenvalue weighted by molar-refractivity contribution is 7.14. The van der Waals surface area contributed by atoms with Crippen molar-refractivity contribution in [1.82, 2.24) is 25.8 Å². The maximum absolute atomic E-state index is 12.4. The lowest BCUT2D eigenvalue weighted by Gasteiger charge is -2.16. The fourth-order valence-corrected chi connectivity index (χ4v) is 4.42. The van der Waals surface area contributed by atoms with Gasteiger partial charge in [0.2, 0.25) is 0 Å². The lowest BCUT2D eigenvalue weighted by molar-refractivity contribution is 0.0845. The van der Waals surface area contributed by atoms with Crippen molar-refractivity contribution in [1.29, 1.82) is 0 Å². The monoisotopic (exact) mass is 395 g/mol. The smallest absolute Gasteiger partial charge is 0.266 e. The van der Waals surface area contributed by atoms with Crippen LogP contribution in [0.2, 0.25) is 0 Å². The molecule has 7 nitrogen and oxygen atoms in total. The highest BCUT2D eigenvalue weighted by Crippen LogP contribution is 2.32. The summed E-state index contributed by atoms with van der Waals surface area (Å²) in [4.78, 5) is 28.2. The minimum atomic E-state index is -0.497. The number of hydrogen-bond donors (Lipinski definition) is 2. The summed E-state index contributed by atoms with van der Waals surface area (Å²) < 4.78 is 0. The number of benzene rings is 1. The lowest BCUT2D eigenvalue weighted by atomic mass is 9.90. The molecule has 8 heteroatoms. The van der Waals surface area contributed by atoms with E-state index in [4.69, 9.17) is 0 Å². The normalized spacial score (nSPS) is 15.7. The van der Waals surface area contributed by atoms with Crippen molar-refractivity contribution in [2.24, 2.45) is 5.92 Å². The van der Waals surface area contributed by atoms with Crippen LogP contribution in [0.3, 0.4) is 0 Å². The van der Waals surface area contributed by atoms with Crippen molar-refractivity contribution in [3.8, 4) is 5.69 Å². The van der Waals surface area contributed by atoms with Crippen LogP contribution >= 0.6 is 11.3 Å². The van der Waals surface area contributed by atoms with Gasteiger partial charge in [-0.15, -0.1) is 16.4 Å². The van der Waals surface area contributed by atoms with Crippen LogP contribution < -0.4 is 10.9 Å². The fraction of sp³-hybridized carbons (Fsp3) is 0.300. The fourth-order valence-electron chi connectivity index (χ4n) is 3.32. The van der Waals surface area contributed by atoms with Gasteiger partial charge in [-0.2, -0.15) is 9.90 Å². The van der Waals surface area contributed by atoms with E-state index >= 15 is 0 Å². The third-order valence-corrected chi connectivity index (χ3v) is 6.06. The minimum absolute atomic E-state index is 0.170. The lowest BCUT2D eigenvalue weighted by Crippen LogP contribution is -2.41. The Kier molecular flexibility index (Phi) is 4.95. The van der Waals surface area contributed by atoms with E-state index in [-0.39, 0.29) is 11.6 Å². The van der Waals surface area contributed by atoms with Crippen LogP contribution in [0.4, 0.5) is 0 Å². The Morgan fingerprint density at radius 1 is 1.14 bits per heavy atom. The molecule has 0 saturated carbocycles. The van der Waals surface area contributed by atoms with Crippen molar-refractivity contribution in [2.45, 2.75) is 33.1 Å². The number of amides is 2. The summed E-state index contributed by atoms with van der Waals surface area (Å²) in [6.07, 6.45) is 3.18. The van der Waals surface area contributed by atoms with Crippen molar-refractivity contribution in [3.63, 3.8) is 0 Å². The number of fused-ring (bicyclic) bond motifs is 1. The Bertz CT molecular complexity index is 1020. The number of rotatable bonds is 3. The van der Waals surface area contributed by atoms with Crippen molar-refractivity contribution < 1.29 is 9.59 Å². The zero-order valence-corrected chi connectivity index (χ0v) is 16.5. The topological polar surface area (TPSA) is 88.9 Å². The van der Waals surface area contributed by atoms with Crippen molar-refractivity contribution in [3.05, 3.63) is 63.1 Å². The summed E-state index contributed by atoms with van der Waals surface area (Å²) in [6.45, 7) is 3.93. The Hall–Kier alpha value is -3.00. The van der Waals surface area contributed by atoms with Crippen LogP contribution in [0.15, 0.2) is 36.4 Å². The van der Waals surface area contributed by atoms with Crippen LogP contribution in [0, 0.1) is 12.8 Å². The first-order valence-electron chi connectivity index (χ1n) is 9.23.